The van der Waals surface area contributed by atoms with Crippen molar-refractivity contribution >= 4 is 34.8 Å². The molecule has 22 heavy (non-hydrogen) atoms. The van der Waals surface area contributed by atoms with Crippen molar-refractivity contribution in [3.63, 3.8) is 0 Å². The number of hydrogen-bond acceptors (Lipinski definition) is 3. The summed E-state index contributed by atoms with van der Waals surface area (Å²) in [5.74, 6) is -0.265. The van der Waals surface area contributed by atoms with Crippen LogP contribution in [0.25, 0.3) is 0 Å². The third kappa shape index (κ3) is 3.09. The van der Waals surface area contributed by atoms with E-state index in [1.807, 2.05) is 12.1 Å². The third-order valence-electron chi connectivity index (χ3n) is 3.83. The Kier molecular flexibility index (Phi) is 4.34. The molecule has 0 unspecified atom stereocenters. The topological polar surface area (TPSA) is 68.0 Å². The van der Waals surface area contributed by atoms with Crippen LogP contribution in [-0.4, -0.2) is 16.9 Å². The third-order valence-corrected chi connectivity index (χ3v) is 4.48. The minimum absolute atomic E-state index is 0.184. The van der Waals surface area contributed by atoms with Crippen LogP contribution in [0.15, 0.2) is 30.5 Å². The largest absolute Gasteiger partial charge is 0.327 e. The van der Waals surface area contributed by atoms with Crippen molar-refractivity contribution in [3.05, 3.63) is 57.3 Å². The quantitative estimate of drug-likeness (QED) is 0.826. The molecule has 0 spiro atoms. The summed E-state index contributed by atoms with van der Waals surface area (Å²) in [5.41, 5.74) is 9.26. The molecule has 1 aliphatic carbocycles. The maximum atomic E-state index is 12.2. The van der Waals surface area contributed by atoms with Crippen LogP contribution in [0.2, 0.25) is 10.2 Å². The summed E-state index contributed by atoms with van der Waals surface area (Å²) in [7, 11) is 0. The van der Waals surface area contributed by atoms with Crippen LogP contribution < -0.4 is 11.1 Å². The maximum absolute atomic E-state index is 12.2. The van der Waals surface area contributed by atoms with E-state index in [4.69, 9.17) is 28.9 Å². The van der Waals surface area contributed by atoms with E-state index >= 15 is 0 Å². The first-order valence-corrected chi connectivity index (χ1v) is 7.79. The van der Waals surface area contributed by atoms with E-state index in [9.17, 15) is 4.79 Å². The van der Waals surface area contributed by atoms with Gasteiger partial charge in [-0.25, -0.2) is 4.98 Å². The first-order chi connectivity index (χ1) is 10.5. The van der Waals surface area contributed by atoms with E-state index in [-0.39, 0.29) is 11.9 Å². The summed E-state index contributed by atoms with van der Waals surface area (Å²) < 4.78 is 0. The molecule has 1 aromatic heterocycles. The van der Waals surface area contributed by atoms with E-state index in [2.05, 4.69) is 10.3 Å². The molecular weight excluding hydrogens is 321 g/mol. The van der Waals surface area contributed by atoms with Gasteiger partial charge in [0.25, 0.3) is 5.91 Å². The Morgan fingerprint density at radius 3 is 2.82 bits per heavy atom. The number of pyridine rings is 1. The zero-order valence-electron chi connectivity index (χ0n) is 11.8. The van der Waals surface area contributed by atoms with E-state index in [0.717, 1.165) is 30.4 Å². The minimum atomic E-state index is -0.265. The number of amides is 1. The predicted octanol–water partition coefficient (Wildman–Crippen LogP) is 3.46. The molecule has 3 rings (SSSR count). The average Bonchev–Trinajstić information content (AvgIpc) is 2.50. The van der Waals surface area contributed by atoms with Crippen LogP contribution in [0.3, 0.4) is 0 Å². The highest BCUT2D eigenvalue weighted by Gasteiger charge is 2.20. The van der Waals surface area contributed by atoms with Gasteiger partial charge in [-0.05, 0) is 48.6 Å². The van der Waals surface area contributed by atoms with Crippen molar-refractivity contribution in [2.75, 3.05) is 5.32 Å². The molecule has 4 nitrogen and oxygen atoms in total. The lowest BCUT2D eigenvalue weighted by molar-refractivity contribution is 0.102. The van der Waals surface area contributed by atoms with E-state index in [1.54, 1.807) is 12.1 Å². The summed E-state index contributed by atoms with van der Waals surface area (Å²) in [6.45, 7) is 0. The molecule has 6 heteroatoms. The van der Waals surface area contributed by atoms with Crippen LogP contribution in [0.4, 0.5) is 5.69 Å². The highest BCUT2D eigenvalue weighted by Crippen LogP contribution is 2.33. The normalized spacial score (nSPS) is 17.0. The van der Waals surface area contributed by atoms with Crippen molar-refractivity contribution < 1.29 is 4.79 Å². The molecule has 0 saturated carbocycles. The number of rotatable bonds is 2. The summed E-state index contributed by atoms with van der Waals surface area (Å²) in [5, 5.41) is 3.77. The molecule has 114 valence electrons. The summed E-state index contributed by atoms with van der Waals surface area (Å²) in [6, 6.07) is 7.18. The Labute approximate surface area is 138 Å². The second-order valence-electron chi connectivity index (χ2n) is 5.39. The lowest BCUT2D eigenvalue weighted by Crippen LogP contribution is -2.28. The zero-order valence-corrected chi connectivity index (χ0v) is 13.3. The number of anilines is 1. The molecule has 0 aliphatic heterocycles. The SMILES string of the molecule is N[C@H]1CCc2c(ccc(NC(=O)c3ccc(Cl)nc3)c2Cl)C1. The van der Waals surface area contributed by atoms with Gasteiger partial charge in [-0.2, -0.15) is 0 Å². The van der Waals surface area contributed by atoms with Crippen LogP contribution >= 0.6 is 23.2 Å². The van der Waals surface area contributed by atoms with Crippen LogP contribution in [-0.2, 0) is 12.8 Å². The number of hydrogen-bond donors (Lipinski definition) is 2. The highest BCUT2D eigenvalue weighted by atomic mass is 35.5. The number of nitrogens with zero attached hydrogens (tertiary/aromatic N) is 1. The van der Waals surface area contributed by atoms with Gasteiger partial charge in [-0.1, -0.05) is 29.3 Å². The molecule has 1 aromatic carbocycles. The van der Waals surface area contributed by atoms with Gasteiger partial charge < -0.3 is 11.1 Å². The molecule has 1 amide bonds. The molecule has 0 bridgehead atoms. The van der Waals surface area contributed by atoms with E-state index in [1.165, 1.54) is 6.20 Å². The molecule has 1 heterocycles. The fourth-order valence-electron chi connectivity index (χ4n) is 2.64. The number of carbonyl (C=O) groups is 1. The van der Waals surface area contributed by atoms with Crippen molar-refractivity contribution in [2.45, 2.75) is 25.3 Å². The van der Waals surface area contributed by atoms with Crippen LogP contribution in [0.5, 0.6) is 0 Å². The number of nitrogens with one attached hydrogen (secondary N) is 1. The Morgan fingerprint density at radius 2 is 2.09 bits per heavy atom. The summed E-state index contributed by atoms with van der Waals surface area (Å²) in [6.07, 6.45) is 4.00. The Hall–Kier alpha value is -1.62. The van der Waals surface area contributed by atoms with Gasteiger partial charge in [-0.3, -0.25) is 4.79 Å². The number of halogens is 2. The number of carbonyl (C=O) groups excluding carboxylic acids is 1. The van der Waals surface area contributed by atoms with Crippen molar-refractivity contribution in [2.24, 2.45) is 5.73 Å². The zero-order chi connectivity index (χ0) is 15.7. The molecule has 3 N–H and O–H groups in total. The summed E-state index contributed by atoms with van der Waals surface area (Å²) in [4.78, 5) is 16.1. The predicted molar refractivity (Wildman–Crippen MR) is 88.7 cm³/mol. The highest BCUT2D eigenvalue weighted by molar-refractivity contribution is 6.34. The fraction of sp³-hybridized carbons (Fsp3) is 0.250. The number of fused-ring (bicyclic) bond motifs is 1. The fourth-order valence-corrected chi connectivity index (χ4v) is 3.08. The standard InChI is InChI=1S/C16H15Cl2N3O/c17-14-6-2-10(8-20-14)16(22)21-13-5-1-9-7-11(19)3-4-12(9)15(13)18/h1-2,5-6,8,11H,3-4,7,19H2,(H,21,22)/t11-/m0/s1. The smallest absolute Gasteiger partial charge is 0.257 e. The van der Waals surface area contributed by atoms with Crippen LogP contribution in [0.1, 0.15) is 27.9 Å². The first-order valence-electron chi connectivity index (χ1n) is 7.03. The molecule has 1 aliphatic rings. The second kappa shape index (κ2) is 6.24. The van der Waals surface area contributed by atoms with Crippen molar-refractivity contribution in [1.29, 1.82) is 0 Å². The van der Waals surface area contributed by atoms with Gasteiger partial charge in [0.1, 0.15) is 5.15 Å². The Balaban J connectivity index is 1.84. The lowest BCUT2D eigenvalue weighted by atomic mass is 9.88. The Morgan fingerprint density at radius 1 is 1.27 bits per heavy atom. The number of aromatic nitrogens is 1. The molecule has 0 fully saturated rings. The van der Waals surface area contributed by atoms with Gasteiger partial charge in [-0.15, -0.1) is 0 Å². The van der Waals surface area contributed by atoms with E-state index in [0.29, 0.717) is 21.4 Å². The van der Waals surface area contributed by atoms with Gasteiger partial charge >= 0.3 is 0 Å². The molecular formula is C16H15Cl2N3O. The van der Waals surface area contributed by atoms with Gasteiger partial charge in [0.2, 0.25) is 0 Å². The molecule has 0 radical (unpaired) electrons. The molecule has 2 aromatic rings. The molecule has 1 atom stereocenters. The number of benzene rings is 1. The monoisotopic (exact) mass is 335 g/mol. The first kappa shape index (κ1) is 15.3. The van der Waals surface area contributed by atoms with E-state index < -0.39 is 0 Å². The van der Waals surface area contributed by atoms with Gasteiger partial charge in [0, 0.05) is 12.2 Å². The maximum Gasteiger partial charge on any atom is 0.257 e. The summed E-state index contributed by atoms with van der Waals surface area (Å²) >= 11 is 12.2. The van der Waals surface area contributed by atoms with Crippen LogP contribution in [0, 0.1) is 0 Å². The van der Waals surface area contributed by atoms with Crippen molar-refractivity contribution in [3.8, 4) is 0 Å². The van der Waals surface area contributed by atoms with Crippen molar-refractivity contribution in [1.82, 2.24) is 4.98 Å². The van der Waals surface area contributed by atoms with Gasteiger partial charge in [0.15, 0.2) is 0 Å². The lowest BCUT2D eigenvalue weighted by Gasteiger charge is -2.23. The Bertz CT molecular complexity index is 716. The average molecular weight is 336 g/mol. The minimum Gasteiger partial charge on any atom is -0.327 e. The molecule has 0 saturated heterocycles. The number of nitrogens with two attached hydrogens (primary N) is 1. The van der Waals surface area contributed by atoms with Gasteiger partial charge in [0.05, 0.1) is 16.3 Å². The second-order valence-corrected chi connectivity index (χ2v) is 6.16.